The first kappa shape index (κ1) is 8.41. The summed E-state index contributed by atoms with van der Waals surface area (Å²) in [6, 6.07) is 3.44. The summed E-state index contributed by atoms with van der Waals surface area (Å²) >= 11 is 5.72. The van der Waals surface area contributed by atoms with E-state index in [0.29, 0.717) is 10.8 Å². The van der Waals surface area contributed by atoms with Crippen LogP contribution in [0, 0.1) is 6.92 Å². The summed E-state index contributed by atoms with van der Waals surface area (Å²) in [5, 5.41) is 9.98. The molecule has 60 valence electrons. The normalized spacial score (nSPS) is 10.1. The van der Waals surface area contributed by atoms with Gasteiger partial charge in [-0.05, 0) is 36.6 Å². The molecule has 0 aliphatic carbocycles. The number of hydrogen-bond donors (Lipinski definition) is 1. The molecule has 0 unspecified atom stereocenters. The largest absolute Gasteiger partial charge is 0.508 e. The van der Waals surface area contributed by atoms with Gasteiger partial charge < -0.3 is 5.11 Å². The molecule has 1 nitrogen and oxygen atoms in total. The lowest BCUT2D eigenvalue weighted by Gasteiger charge is -2.05. The third-order valence-electron chi connectivity index (χ3n) is 1.77. The summed E-state index contributed by atoms with van der Waals surface area (Å²) in [5.41, 5.74) is 2.03. The molecule has 0 spiro atoms. The van der Waals surface area contributed by atoms with Crippen LogP contribution in [0.3, 0.4) is 0 Å². The maximum absolute atomic E-state index is 9.39. The lowest BCUT2D eigenvalue weighted by molar-refractivity contribution is 0.468. The zero-order valence-electron chi connectivity index (χ0n) is 6.69. The van der Waals surface area contributed by atoms with Gasteiger partial charge >= 0.3 is 0 Å². The Morgan fingerprint density at radius 2 is 2.09 bits per heavy atom. The number of aromatic hydroxyl groups is 1. The predicted molar refractivity (Wildman–Crippen MR) is 47.2 cm³/mol. The molecule has 0 bridgehead atoms. The quantitative estimate of drug-likeness (QED) is 0.687. The molecule has 0 fully saturated rings. The highest BCUT2D eigenvalue weighted by Crippen LogP contribution is 2.25. The molecule has 0 saturated carbocycles. The van der Waals surface area contributed by atoms with Crippen molar-refractivity contribution in [1.82, 2.24) is 0 Å². The molecule has 1 aromatic rings. The molecule has 0 radical (unpaired) electrons. The minimum Gasteiger partial charge on any atom is -0.508 e. The fourth-order valence-electron chi connectivity index (χ4n) is 1.22. The van der Waals surface area contributed by atoms with E-state index in [9.17, 15) is 5.11 Å². The predicted octanol–water partition coefficient (Wildman–Crippen LogP) is 2.92. The zero-order valence-corrected chi connectivity index (χ0v) is 7.44. The second kappa shape index (κ2) is 3.14. The average molecular weight is 171 g/mol. The number of halogens is 1. The summed E-state index contributed by atoms with van der Waals surface area (Å²) in [5.74, 6) is 0.303. The van der Waals surface area contributed by atoms with Crippen LogP contribution in [0.5, 0.6) is 5.75 Å². The Bertz CT molecular complexity index is 245. The second-order valence-electron chi connectivity index (χ2n) is 2.57. The highest BCUT2D eigenvalue weighted by Gasteiger charge is 2.03. The number of aryl methyl sites for hydroxylation is 1. The molecule has 0 atom stereocenters. The Hall–Kier alpha value is -0.690. The first-order valence-electron chi connectivity index (χ1n) is 3.63. The lowest BCUT2D eigenvalue weighted by Crippen LogP contribution is -1.86. The number of rotatable bonds is 1. The summed E-state index contributed by atoms with van der Waals surface area (Å²) in [4.78, 5) is 0. The van der Waals surface area contributed by atoms with Crippen LogP contribution in [0.15, 0.2) is 12.1 Å². The molecule has 1 rings (SSSR count). The van der Waals surface area contributed by atoms with Crippen molar-refractivity contribution in [3.05, 3.63) is 28.3 Å². The molecular weight excluding hydrogens is 160 g/mol. The van der Waals surface area contributed by atoms with Crippen molar-refractivity contribution < 1.29 is 5.11 Å². The molecular formula is C9H11ClO. The Morgan fingerprint density at radius 3 is 2.55 bits per heavy atom. The first-order valence-corrected chi connectivity index (χ1v) is 4.01. The van der Waals surface area contributed by atoms with E-state index < -0.39 is 0 Å². The Kier molecular flexibility index (Phi) is 2.40. The molecule has 1 aromatic carbocycles. The fourth-order valence-corrected chi connectivity index (χ4v) is 1.48. The average Bonchev–Trinajstić information content (AvgIpc) is 1.85. The van der Waals surface area contributed by atoms with Gasteiger partial charge in [-0.1, -0.05) is 18.5 Å². The third kappa shape index (κ3) is 1.66. The van der Waals surface area contributed by atoms with E-state index in [1.807, 2.05) is 19.9 Å². The van der Waals surface area contributed by atoms with Crippen molar-refractivity contribution in [2.45, 2.75) is 20.3 Å². The molecule has 2 heteroatoms. The monoisotopic (exact) mass is 170 g/mol. The molecule has 0 aromatic heterocycles. The molecule has 0 aliphatic heterocycles. The fraction of sp³-hybridized carbons (Fsp3) is 0.333. The van der Waals surface area contributed by atoms with Crippen LogP contribution in [0.2, 0.25) is 5.02 Å². The van der Waals surface area contributed by atoms with Gasteiger partial charge in [-0.3, -0.25) is 0 Å². The Balaban J connectivity index is 3.25. The van der Waals surface area contributed by atoms with Crippen LogP contribution in [0.25, 0.3) is 0 Å². The Morgan fingerprint density at radius 1 is 1.45 bits per heavy atom. The molecule has 0 saturated heterocycles. The highest BCUT2D eigenvalue weighted by atomic mass is 35.5. The number of hydrogen-bond acceptors (Lipinski definition) is 1. The summed E-state index contributed by atoms with van der Waals surface area (Å²) in [6.07, 6.45) is 0.842. The SMILES string of the molecule is CCc1c(C)cc(Cl)cc1O. The van der Waals surface area contributed by atoms with Crippen LogP contribution in [-0.4, -0.2) is 5.11 Å². The number of benzene rings is 1. The number of phenols is 1. The van der Waals surface area contributed by atoms with Crippen LogP contribution >= 0.6 is 11.6 Å². The van der Waals surface area contributed by atoms with Crippen molar-refractivity contribution >= 4 is 11.6 Å². The van der Waals surface area contributed by atoms with Gasteiger partial charge in [0.1, 0.15) is 5.75 Å². The topological polar surface area (TPSA) is 20.2 Å². The lowest BCUT2D eigenvalue weighted by atomic mass is 10.1. The van der Waals surface area contributed by atoms with Crippen LogP contribution in [-0.2, 0) is 6.42 Å². The van der Waals surface area contributed by atoms with E-state index in [-0.39, 0.29) is 0 Å². The van der Waals surface area contributed by atoms with E-state index in [0.717, 1.165) is 17.5 Å². The third-order valence-corrected chi connectivity index (χ3v) is 1.99. The van der Waals surface area contributed by atoms with E-state index in [4.69, 9.17) is 11.6 Å². The van der Waals surface area contributed by atoms with E-state index >= 15 is 0 Å². The van der Waals surface area contributed by atoms with E-state index in [1.54, 1.807) is 6.07 Å². The van der Waals surface area contributed by atoms with Crippen molar-refractivity contribution in [2.24, 2.45) is 0 Å². The maximum atomic E-state index is 9.39. The van der Waals surface area contributed by atoms with Crippen LogP contribution in [0.1, 0.15) is 18.1 Å². The van der Waals surface area contributed by atoms with Crippen molar-refractivity contribution in [1.29, 1.82) is 0 Å². The van der Waals surface area contributed by atoms with Crippen molar-refractivity contribution in [2.75, 3.05) is 0 Å². The molecule has 0 aliphatic rings. The minimum absolute atomic E-state index is 0.303. The van der Waals surface area contributed by atoms with Gasteiger partial charge in [0.2, 0.25) is 0 Å². The maximum Gasteiger partial charge on any atom is 0.120 e. The molecule has 0 heterocycles. The minimum atomic E-state index is 0.303. The summed E-state index contributed by atoms with van der Waals surface area (Å²) in [6.45, 7) is 3.96. The van der Waals surface area contributed by atoms with Gasteiger partial charge in [0.05, 0.1) is 0 Å². The highest BCUT2D eigenvalue weighted by molar-refractivity contribution is 6.30. The Labute approximate surface area is 71.6 Å². The van der Waals surface area contributed by atoms with Gasteiger partial charge in [0, 0.05) is 5.02 Å². The van der Waals surface area contributed by atoms with Gasteiger partial charge in [0.15, 0.2) is 0 Å². The standard InChI is InChI=1S/C9H11ClO/c1-3-8-6(2)4-7(10)5-9(8)11/h4-5,11H,3H2,1-2H3. The van der Waals surface area contributed by atoms with Gasteiger partial charge in [-0.15, -0.1) is 0 Å². The first-order chi connectivity index (χ1) is 5.15. The molecule has 0 amide bonds. The van der Waals surface area contributed by atoms with Crippen LogP contribution in [0.4, 0.5) is 0 Å². The van der Waals surface area contributed by atoms with Crippen molar-refractivity contribution in [3.8, 4) is 5.75 Å². The van der Waals surface area contributed by atoms with Crippen LogP contribution < -0.4 is 0 Å². The molecule has 11 heavy (non-hydrogen) atoms. The molecule has 1 N–H and O–H groups in total. The smallest absolute Gasteiger partial charge is 0.120 e. The summed E-state index contributed by atoms with van der Waals surface area (Å²) in [7, 11) is 0. The zero-order chi connectivity index (χ0) is 8.43. The van der Waals surface area contributed by atoms with Gasteiger partial charge in [-0.2, -0.15) is 0 Å². The van der Waals surface area contributed by atoms with E-state index in [2.05, 4.69) is 0 Å². The number of phenolic OH excluding ortho intramolecular Hbond substituents is 1. The second-order valence-corrected chi connectivity index (χ2v) is 3.01. The summed E-state index contributed by atoms with van der Waals surface area (Å²) < 4.78 is 0. The van der Waals surface area contributed by atoms with Gasteiger partial charge in [-0.25, -0.2) is 0 Å². The van der Waals surface area contributed by atoms with E-state index in [1.165, 1.54) is 0 Å². The van der Waals surface area contributed by atoms with Gasteiger partial charge in [0.25, 0.3) is 0 Å². The van der Waals surface area contributed by atoms with Crippen molar-refractivity contribution in [3.63, 3.8) is 0 Å².